The maximum Gasteiger partial charge on any atom is -0.0360 e. The molecule has 80 valence electrons. The molecule has 2 unspecified atom stereocenters. The zero-order valence-corrected chi connectivity index (χ0v) is 7.68. The molecule has 2 aliphatic rings. The molecule has 0 amide bonds. The maximum absolute atomic E-state index is 2.47. The van der Waals surface area contributed by atoms with Crippen LogP contribution in [0.1, 0.15) is 66.7 Å². The molecule has 2 atom stereocenters. The molecule has 2 saturated carbocycles. The molecule has 2 aliphatic carbocycles. The van der Waals surface area contributed by atoms with Gasteiger partial charge in [-0.2, -0.15) is 0 Å². The van der Waals surface area contributed by atoms with Gasteiger partial charge in [-0.15, -0.1) is 0 Å². The minimum Gasteiger partial charge on any atom is -0.0776 e. The minimum atomic E-state index is 0. The fourth-order valence-corrected chi connectivity index (χ4v) is 3.26. The predicted molar refractivity (Wildman–Crippen MR) is 61.9 cm³/mol. The summed E-state index contributed by atoms with van der Waals surface area (Å²) in [5, 5.41) is 0. The van der Waals surface area contributed by atoms with Crippen molar-refractivity contribution in [2.75, 3.05) is 0 Å². The number of hydrogen-bond acceptors (Lipinski definition) is 0. The Morgan fingerprint density at radius 2 is 1.38 bits per heavy atom. The molecule has 0 aromatic carbocycles. The first kappa shape index (κ1) is 13.0. The van der Waals surface area contributed by atoms with Crippen molar-refractivity contribution in [3.8, 4) is 0 Å². The summed E-state index contributed by atoms with van der Waals surface area (Å²) in [5.74, 6) is 3.31. The summed E-state index contributed by atoms with van der Waals surface area (Å²) in [5.41, 5.74) is 0. The summed E-state index contributed by atoms with van der Waals surface area (Å²) >= 11 is 0. The van der Waals surface area contributed by atoms with Crippen LogP contribution >= 0.6 is 0 Å². The highest BCUT2D eigenvalue weighted by molar-refractivity contribution is 4.82. The zero-order valence-electron chi connectivity index (χ0n) is 7.68. The molecular weight excluding hydrogens is 156 g/mol. The van der Waals surface area contributed by atoms with Gasteiger partial charge in [0.05, 0.1) is 0 Å². The number of hydrogen-bond donors (Lipinski definition) is 0. The Kier molecular flexibility index (Phi) is 5.67. The van der Waals surface area contributed by atoms with E-state index in [9.17, 15) is 0 Å². The fourth-order valence-electron chi connectivity index (χ4n) is 3.26. The first-order valence-corrected chi connectivity index (χ1v) is 5.38. The highest BCUT2D eigenvalue weighted by atomic mass is 14.4. The van der Waals surface area contributed by atoms with Crippen molar-refractivity contribution in [1.29, 1.82) is 0 Å². The van der Waals surface area contributed by atoms with E-state index < -0.39 is 0 Å². The van der Waals surface area contributed by atoms with Gasteiger partial charge in [0.25, 0.3) is 0 Å². The maximum atomic E-state index is 2.47. The van der Waals surface area contributed by atoms with E-state index in [1.54, 1.807) is 19.3 Å². The standard InChI is InChI=1S/C11H20.2CH4/c1-9-5-4-8-11(9)10-6-2-3-7-10;;/h9-11H,2-8H2,1H3;2*1H4. The van der Waals surface area contributed by atoms with Crippen LogP contribution in [0.3, 0.4) is 0 Å². The normalized spacial score (nSPS) is 33.9. The molecule has 13 heavy (non-hydrogen) atoms. The highest BCUT2D eigenvalue weighted by Gasteiger charge is 2.31. The molecule has 0 aromatic heterocycles. The summed E-state index contributed by atoms with van der Waals surface area (Å²) < 4.78 is 0. The average molecular weight is 184 g/mol. The van der Waals surface area contributed by atoms with Crippen molar-refractivity contribution in [3.05, 3.63) is 0 Å². The summed E-state index contributed by atoms with van der Waals surface area (Å²) in [6.45, 7) is 2.47. The SMILES string of the molecule is C.C.CC1CCCC1C1CCCC1. The van der Waals surface area contributed by atoms with Gasteiger partial charge in [-0.3, -0.25) is 0 Å². The third-order valence-corrected chi connectivity index (χ3v) is 3.93. The topological polar surface area (TPSA) is 0 Å². The molecule has 0 spiro atoms. The van der Waals surface area contributed by atoms with Crippen LogP contribution in [0.25, 0.3) is 0 Å². The zero-order chi connectivity index (χ0) is 7.68. The molecule has 0 heteroatoms. The molecule has 0 nitrogen and oxygen atoms in total. The monoisotopic (exact) mass is 184 g/mol. The van der Waals surface area contributed by atoms with Gasteiger partial charge in [-0.05, 0) is 24.2 Å². The van der Waals surface area contributed by atoms with E-state index in [1.807, 2.05) is 0 Å². The smallest absolute Gasteiger partial charge is 0.0360 e. The summed E-state index contributed by atoms with van der Waals surface area (Å²) in [6, 6.07) is 0. The van der Waals surface area contributed by atoms with E-state index in [0.29, 0.717) is 0 Å². The van der Waals surface area contributed by atoms with Crippen molar-refractivity contribution < 1.29 is 0 Å². The van der Waals surface area contributed by atoms with E-state index in [-0.39, 0.29) is 14.9 Å². The van der Waals surface area contributed by atoms with Crippen LogP contribution in [-0.4, -0.2) is 0 Å². The third kappa shape index (κ3) is 2.72. The van der Waals surface area contributed by atoms with E-state index in [1.165, 1.54) is 25.7 Å². The Morgan fingerprint density at radius 1 is 0.769 bits per heavy atom. The Labute approximate surface area is 85.1 Å². The lowest BCUT2D eigenvalue weighted by atomic mass is 9.84. The quantitative estimate of drug-likeness (QED) is 0.544. The Balaban J connectivity index is 0.000000720. The molecule has 0 aliphatic heterocycles. The molecule has 0 aromatic rings. The second kappa shape index (κ2) is 5.67. The molecule has 0 saturated heterocycles. The lowest BCUT2D eigenvalue weighted by Crippen LogP contribution is -2.13. The van der Waals surface area contributed by atoms with E-state index in [0.717, 1.165) is 17.8 Å². The second-order valence-electron chi connectivity index (χ2n) is 4.62. The largest absolute Gasteiger partial charge is 0.0776 e. The fraction of sp³-hybridized carbons (Fsp3) is 1.00. The second-order valence-corrected chi connectivity index (χ2v) is 4.62. The lowest BCUT2D eigenvalue weighted by Gasteiger charge is -2.22. The van der Waals surface area contributed by atoms with Crippen molar-refractivity contribution in [2.45, 2.75) is 66.7 Å². The molecule has 0 radical (unpaired) electrons. The number of rotatable bonds is 1. The van der Waals surface area contributed by atoms with Gasteiger partial charge >= 0.3 is 0 Å². The summed E-state index contributed by atoms with van der Waals surface area (Å²) in [6.07, 6.45) is 10.7. The van der Waals surface area contributed by atoms with Gasteiger partial charge in [0.15, 0.2) is 0 Å². The molecule has 2 rings (SSSR count). The molecule has 0 bridgehead atoms. The molecule has 0 N–H and O–H groups in total. The van der Waals surface area contributed by atoms with Crippen LogP contribution in [0.2, 0.25) is 0 Å². The van der Waals surface area contributed by atoms with Gasteiger partial charge in [0.2, 0.25) is 0 Å². The van der Waals surface area contributed by atoms with Gasteiger partial charge in [-0.1, -0.05) is 60.3 Å². The van der Waals surface area contributed by atoms with Crippen molar-refractivity contribution in [3.63, 3.8) is 0 Å². The van der Waals surface area contributed by atoms with Crippen molar-refractivity contribution in [2.24, 2.45) is 17.8 Å². The van der Waals surface area contributed by atoms with Crippen molar-refractivity contribution >= 4 is 0 Å². The molecule has 0 heterocycles. The highest BCUT2D eigenvalue weighted by Crippen LogP contribution is 2.43. The van der Waals surface area contributed by atoms with Crippen LogP contribution in [0, 0.1) is 17.8 Å². The first-order valence-electron chi connectivity index (χ1n) is 5.38. The Bertz CT molecular complexity index is 122. The van der Waals surface area contributed by atoms with Crippen LogP contribution in [0.15, 0.2) is 0 Å². The minimum absolute atomic E-state index is 0. The lowest BCUT2D eigenvalue weighted by molar-refractivity contribution is 0.280. The van der Waals surface area contributed by atoms with Crippen LogP contribution in [-0.2, 0) is 0 Å². The van der Waals surface area contributed by atoms with Gasteiger partial charge in [-0.25, -0.2) is 0 Å². The average Bonchev–Trinajstić information content (AvgIpc) is 2.55. The van der Waals surface area contributed by atoms with E-state index in [2.05, 4.69) is 6.92 Å². The Morgan fingerprint density at radius 3 is 1.85 bits per heavy atom. The summed E-state index contributed by atoms with van der Waals surface area (Å²) in [4.78, 5) is 0. The predicted octanol–water partition coefficient (Wildman–Crippen LogP) is 4.89. The van der Waals surface area contributed by atoms with Crippen LogP contribution in [0.4, 0.5) is 0 Å². The van der Waals surface area contributed by atoms with Crippen LogP contribution in [0.5, 0.6) is 0 Å². The van der Waals surface area contributed by atoms with Gasteiger partial charge in [0, 0.05) is 0 Å². The van der Waals surface area contributed by atoms with Crippen molar-refractivity contribution in [1.82, 2.24) is 0 Å². The first-order chi connectivity index (χ1) is 5.38. The van der Waals surface area contributed by atoms with Gasteiger partial charge < -0.3 is 0 Å². The molecular formula is C13H28. The Hall–Kier alpha value is 0. The third-order valence-electron chi connectivity index (χ3n) is 3.93. The summed E-state index contributed by atoms with van der Waals surface area (Å²) in [7, 11) is 0. The van der Waals surface area contributed by atoms with E-state index in [4.69, 9.17) is 0 Å². The van der Waals surface area contributed by atoms with E-state index >= 15 is 0 Å². The van der Waals surface area contributed by atoms with Gasteiger partial charge in [0.1, 0.15) is 0 Å². The molecule has 2 fully saturated rings. The van der Waals surface area contributed by atoms with Crippen LogP contribution < -0.4 is 0 Å².